The molecule has 4 atom stereocenters. The Bertz CT molecular complexity index is 466. The number of carbonyl (C=O) groups is 1. The monoisotopic (exact) mass is 295 g/mol. The maximum Gasteiger partial charge on any atom is 0.236 e. The first-order valence-corrected chi connectivity index (χ1v) is 8.12. The summed E-state index contributed by atoms with van der Waals surface area (Å²) in [6, 6.07) is 10.5. The molecule has 0 N–H and O–H groups in total. The lowest BCUT2D eigenvalue weighted by Crippen LogP contribution is -2.38. The molecule has 0 bridgehead atoms. The summed E-state index contributed by atoms with van der Waals surface area (Å²) >= 11 is 8.19. The summed E-state index contributed by atoms with van der Waals surface area (Å²) in [5, 5.41) is 0.120. The number of nitrogens with zero attached hydrogens (tertiary/aromatic N) is 1. The lowest BCUT2D eigenvalue weighted by Gasteiger charge is -2.33. The number of likely N-dealkylation sites (tertiary alicyclic amines) is 1. The molecule has 4 heteroatoms. The first-order chi connectivity index (χ1) is 9.18. The van der Waals surface area contributed by atoms with Gasteiger partial charge < -0.3 is 4.90 Å². The van der Waals surface area contributed by atoms with Gasteiger partial charge in [-0.25, -0.2) is 0 Å². The van der Waals surface area contributed by atoms with Crippen LogP contribution in [0.25, 0.3) is 0 Å². The Balaban J connectivity index is 1.85. The van der Waals surface area contributed by atoms with E-state index in [-0.39, 0.29) is 22.5 Å². The number of hydrogen-bond donors (Lipinski definition) is 0. The Hall–Kier alpha value is -0.670. The Morgan fingerprint density at radius 3 is 2.74 bits per heavy atom. The summed E-state index contributed by atoms with van der Waals surface area (Å²) in [6.45, 7) is 0. The van der Waals surface area contributed by atoms with Crippen molar-refractivity contribution >= 4 is 29.3 Å². The Morgan fingerprint density at radius 2 is 2.00 bits per heavy atom. The van der Waals surface area contributed by atoms with Crippen molar-refractivity contribution in [1.82, 2.24) is 4.90 Å². The molecule has 3 rings (SSSR count). The number of fused-ring (bicyclic) bond motifs is 1. The van der Waals surface area contributed by atoms with E-state index in [1.165, 1.54) is 0 Å². The molecule has 102 valence electrons. The number of hydrogen-bond acceptors (Lipinski definition) is 2. The van der Waals surface area contributed by atoms with Gasteiger partial charge >= 0.3 is 0 Å². The normalized spacial score (nSPS) is 34.4. The molecule has 1 heterocycles. The molecule has 2 aliphatic rings. The van der Waals surface area contributed by atoms with Crippen molar-refractivity contribution < 1.29 is 4.79 Å². The van der Waals surface area contributed by atoms with E-state index in [4.69, 9.17) is 11.6 Å². The van der Waals surface area contributed by atoms with Crippen LogP contribution >= 0.6 is 23.4 Å². The molecule has 1 amide bonds. The third kappa shape index (κ3) is 2.38. The molecular formula is C15H18ClNOS. The van der Waals surface area contributed by atoms with E-state index >= 15 is 0 Å². The maximum absolute atomic E-state index is 12.5. The molecule has 2 fully saturated rings. The molecular weight excluding hydrogens is 278 g/mol. The van der Waals surface area contributed by atoms with Crippen LogP contribution in [0.4, 0.5) is 0 Å². The number of rotatable bonds is 2. The van der Waals surface area contributed by atoms with Crippen LogP contribution in [0.5, 0.6) is 0 Å². The second-order valence-electron chi connectivity index (χ2n) is 5.39. The summed E-state index contributed by atoms with van der Waals surface area (Å²) in [5.41, 5.74) is 0. The van der Waals surface area contributed by atoms with Crippen LogP contribution in [-0.4, -0.2) is 34.5 Å². The predicted molar refractivity (Wildman–Crippen MR) is 79.6 cm³/mol. The summed E-state index contributed by atoms with van der Waals surface area (Å²) in [5.74, 6) is 0.537. The zero-order valence-electron chi connectivity index (χ0n) is 11.0. The molecule has 0 radical (unpaired) electrons. The van der Waals surface area contributed by atoms with Crippen molar-refractivity contribution in [2.24, 2.45) is 5.92 Å². The minimum atomic E-state index is -0.0137. The fourth-order valence-corrected chi connectivity index (χ4v) is 5.25. The van der Waals surface area contributed by atoms with Gasteiger partial charge in [0.05, 0.1) is 5.25 Å². The number of alkyl halides is 1. The van der Waals surface area contributed by atoms with Gasteiger partial charge in [-0.15, -0.1) is 23.4 Å². The van der Waals surface area contributed by atoms with Gasteiger partial charge in [-0.3, -0.25) is 4.79 Å². The van der Waals surface area contributed by atoms with Crippen molar-refractivity contribution in [3.05, 3.63) is 30.3 Å². The van der Waals surface area contributed by atoms with Crippen LogP contribution in [0, 0.1) is 5.92 Å². The van der Waals surface area contributed by atoms with Crippen molar-refractivity contribution in [3.63, 3.8) is 0 Å². The van der Waals surface area contributed by atoms with Gasteiger partial charge in [0.2, 0.25) is 5.91 Å². The van der Waals surface area contributed by atoms with Gasteiger partial charge in [-0.05, 0) is 31.4 Å². The average Bonchev–Trinajstić information content (AvgIpc) is 2.67. The summed E-state index contributed by atoms with van der Waals surface area (Å²) in [7, 11) is 1.93. The Labute approximate surface area is 123 Å². The zero-order chi connectivity index (χ0) is 13.4. The van der Waals surface area contributed by atoms with E-state index in [0.717, 1.165) is 24.2 Å². The smallest absolute Gasteiger partial charge is 0.236 e. The molecule has 0 spiro atoms. The number of thioether (sulfide) groups is 1. The minimum absolute atomic E-state index is 0.0137. The van der Waals surface area contributed by atoms with E-state index < -0.39 is 0 Å². The standard InChI is InChI=1S/C15H18ClNOS/c1-17-12-9-5-8-11(16)13(12)14(15(17)18)19-10-6-3-2-4-7-10/h2-4,6-7,11-14H,5,8-9H2,1H3/t11-,12-,13+,14+/m0/s1. The third-order valence-electron chi connectivity index (χ3n) is 4.29. The zero-order valence-corrected chi connectivity index (χ0v) is 12.5. The second-order valence-corrected chi connectivity index (χ2v) is 7.17. The van der Waals surface area contributed by atoms with E-state index in [9.17, 15) is 4.79 Å². The van der Waals surface area contributed by atoms with Crippen LogP contribution in [0.1, 0.15) is 19.3 Å². The highest BCUT2D eigenvalue weighted by Gasteiger charge is 2.50. The second kappa shape index (κ2) is 5.37. The SMILES string of the molecule is CN1C(=O)[C@H](Sc2ccccc2)[C@@H]2[C@@H](Cl)CCC[C@@H]21. The highest BCUT2D eigenvalue weighted by atomic mass is 35.5. The number of benzene rings is 1. The van der Waals surface area contributed by atoms with Crippen LogP contribution in [0.3, 0.4) is 0 Å². The molecule has 1 saturated carbocycles. The highest BCUT2D eigenvalue weighted by Crippen LogP contribution is 2.45. The summed E-state index contributed by atoms with van der Waals surface area (Å²) < 4.78 is 0. The van der Waals surface area contributed by atoms with E-state index in [1.807, 2.05) is 30.1 Å². The largest absolute Gasteiger partial charge is 0.341 e. The lowest BCUT2D eigenvalue weighted by molar-refractivity contribution is -0.127. The molecule has 0 aromatic heterocycles. The molecule has 1 saturated heterocycles. The van der Waals surface area contributed by atoms with Crippen molar-refractivity contribution in [3.8, 4) is 0 Å². The Kier molecular flexibility index (Phi) is 3.77. The van der Waals surface area contributed by atoms with Crippen LogP contribution in [-0.2, 0) is 4.79 Å². The quantitative estimate of drug-likeness (QED) is 0.780. The topological polar surface area (TPSA) is 20.3 Å². The first-order valence-electron chi connectivity index (χ1n) is 6.81. The first kappa shape index (κ1) is 13.3. The Morgan fingerprint density at radius 1 is 1.26 bits per heavy atom. The van der Waals surface area contributed by atoms with Crippen LogP contribution < -0.4 is 0 Å². The van der Waals surface area contributed by atoms with Gasteiger partial charge in [0.1, 0.15) is 0 Å². The minimum Gasteiger partial charge on any atom is -0.341 e. The van der Waals surface area contributed by atoms with Crippen LogP contribution in [0.2, 0.25) is 0 Å². The average molecular weight is 296 g/mol. The van der Waals surface area contributed by atoms with E-state index in [0.29, 0.717) is 6.04 Å². The molecule has 1 aromatic carbocycles. The highest BCUT2D eigenvalue weighted by molar-refractivity contribution is 8.00. The number of halogens is 1. The van der Waals surface area contributed by atoms with E-state index in [1.54, 1.807) is 11.8 Å². The molecule has 1 aliphatic heterocycles. The lowest BCUT2D eigenvalue weighted by atomic mass is 9.84. The molecule has 1 aliphatic carbocycles. The molecule has 19 heavy (non-hydrogen) atoms. The van der Waals surface area contributed by atoms with Gasteiger partial charge in [0.25, 0.3) is 0 Å². The fourth-order valence-electron chi connectivity index (χ4n) is 3.29. The van der Waals surface area contributed by atoms with Crippen LogP contribution in [0.15, 0.2) is 35.2 Å². The number of amides is 1. The molecule has 1 aromatic rings. The fraction of sp³-hybridized carbons (Fsp3) is 0.533. The summed E-state index contributed by atoms with van der Waals surface area (Å²) in [6.07, 6.45) is 3.27. The van der Waals surface area contributed by atoms with Crippen molar-refractivity contribution in [1.29, 1.82) is 0 Å². The van der Waals surface area contributed by atoms with Gasteiger partial charge in [0, 0.05) is 29.3 Å². The predicted octanol–water partition coefficient (Wildman–Crippen LogP) is 3.40. The van der Waals surface area contributed by atoms with Crippen molar-refractivity contribution in [2.45, 2.75) is 40.8 Å². The van der Waals surface area contributed by atoms with Crippen molar-refractivity contribution in [2.75, 3.05) is 7.05 Å². The van der Waals surface area contributed by atoms with Gasteiger partial charge in [0.15, 0.2) is 0 Å². The van der Waals surface area contributed by atoms with Gasteiger partial charge in [-0.2, -0.15) is 0 Å². The van der Waals surface area contributed by atoms with E-state index in [2.05, 4.69) is 12.1 Å². The van der Waals surface area contributed by atoms with Gasteiger partial charge in [-0.1, -0.05) is 18.2 Å². The maximum atomic E-state index is 12.5. The third-order valence-corrected chi connectivity index (χ3v) is 6.11. The number of carbonyl (C=O) groups excluding carboxylic acids is 1. The molecule has 2 nitrogen and oxygen atoms in total. The molecule has 0 unspecified atom stereocenters. The summed E-state index contributed by atoms with van der Waals surface area (Å²) in [4.78, 5) is 15.6.